The molecule has 0 aliphatic carbocycles. The molecule has 0 aromatic carbocycles. The Bertz CT molecular complexity index is 129. The minimum absolute atomic E-state index is 0.414. The van der Waals surface area contributed by atoms with Gasteiger partial charge in [-0.25, -0.2) is 0 Å². The lowest BCUT2D eigenvalue weighted by atomic mass is 10.4. The van der Waals surface area contributed by atoms with Crippen LogP contribution < -0.4 is 5.32 Å². The van der Waals surface area contributed by atoms with E-state index in [-0.39, 0.29) is 0 Å². The molecule has 0 saturated heterocycles. The van der Waals surface area contributed by atoms with Gasteiger partial charge in [0.15, 0.2) is 0 Å². The van der Waals surface area contributed by atoms with E-state index in [1.807, 2.05) is 0 Å². The number of nitrogens with one attached hydrogen (secondary N) is 1. The summed E-state index contributed by atoms with van der Waals surface area (Å²) < 4.78 is 0. The smallest absolute Gasteiger partial charge is 0.252 e. The summed E-state index contributed by atoms with van der Waals surface area (Å²) in [4.78, 5) is 10.5. The molecule has 0 radical (unpaired) electrons. The highest BCUT2D eigenvalue weighted by Crippen LogP contribution is 1.83. The summed E-state index contributed by atoms with van der Waals surface area (Å²) in [5, 5.41) is 11.0. The van der Waals surface area contributed by atoms with Crippen LogP contribution in [0.4, 0.5) is 0 Å². The second-order valence-corrected chi connectivity index (χ2v) is 1.95. The fourth-order valence-corrected chi connectivity index (χ4v) is 0.315. The standard InChI is InChI=1S/C6H11NO2/c1-4(2)7-6(9)5(3)8/h5,8H,1H2,2-3H3,(H,7,9). The zero-order chi connectivity index (χ0) is 7.44. The van der Waals surface area contributed by atoms with Gasteiger partial charge in [0.2, 0.25) is 0 Å². The first-order valence-corrected chi connectivity index (χ1v) is 2.68. The highest BCUT2D eigenvalue weighted by molar-refractivity contribution is 5.81. The van der Waals surface area contributed by atoms with Crippen molar-refractivity contribution in [2.24, 2.45) is 0 Å². The first-order chi connectivity index (χ1) is 4.04. The number of aliphatic hydroxyl groups is 1. The van der Waals surface area contributed by atoms with E-state index < -0.39 is 12.0 Å². The summed E-state index contributed by atoms with van der Waals surface area (Å²) in [6.45, 7) is 6.49. The average molecular weight is 129 g/mol. The van der Waals surface area contributed by atoms with E-state index in [2.05, 4.69) is 11.9 Å². The molecule has 2 N–H and O–H groups in total. The third-order valence-corrected chi connectivity index (χ3v) is 0.716. The van der Waals surface area contributed by atoms with E-state index in [1.54, 1.807) is 6.92 Å². The Hall–Kier alpha value is -0.830. The maximum absolute atomic E-state index is 10.5. The second-order valence-electron chi connectivity index (χ2n) is 1.95. The third-order valence-electron chi connectivity index (χ3n) is 0.716. The normalized spacial score (nSPS) is 12.3. The minimum Gasteiger partial charge on any atom is -0.384 e. The Morgan fingerprint density at radius 1 is 1.78 bits per heavy atom. The predicted octanol–water partition coefficient (Wildman–Crippen LogP) is 0.0170. The number of hydrogen-bond donors (Lipinski definition) is 2. The van der Waals surface area contributed by atoms with Crippen LogP contribution in [0.5, 0.6) is 0 Å². The Balaban J connectivity index is 3.64. The van der Waals surface area contributed by atoms with Gasteiger partial charge >= 0.3 is 0 Å². The van der Waals surface area contributed by atoms with E-state index in [1.165, 1.54) is 6.92 Å². The van der Waals surface area contributed by atoms with Crippen molar-refractivity contribution in [3.05, 3.63) is 12.3 Å². The van der Waals surface area contributed by atoms with Crippen molar-refractivity contribution in [1.82, 2.24) is 5.32 Å². The van der Waals surface area contributed by atoms with Crippen LogP contribution >= 0.6 is 0 Å². The lowest BCUT2D eigenvalue weighted by Gasteiger charge is -2.04. The van der Waals surface area contributed by atoms with E-state index in [9.17, 15) is 4.79 Å². The summed E-state index contributed by atoms with van der Waals surface area (Å²) in [7, 11) is 0. The lowest BCUT2D eigenvalue weighted by Crippen LogP contribution is -2.30. The van der Waals surface area contributed by atoms with Crippen molar-refractivity contribution < 1.29 is 9.90 Å². The summed E-state index contributed by atoms with van der Waals surface area (Å²) >= 11 is 0. The van der Waals surface area contributed by atoms with Crippen molar-refractivity contribution in [1.29, 1.82) is 0 Å². The first kappa shape index (κ1) is 8.17. The molecule has 0 aliphatic rings. The summed E-state index contributed by atoms with van der Waals surface area (Å²) in [6, 6.07) is 0. The van der Waals surface area contributed by atoms with Crippen molar-refractivity contribution >= 4 is 5.91 Å². The second kappa shape index (κ2) is 3.25. The quantitative estimate of drug-likeness (QED) is 0.552. The van der Waals surface area contributed by atoms with Gasteiger partial charge in [0.25, 0.3) is 5.91 Å². The van der Waals surface area contributed by atoms with Crippen molar-refractivity contribution in [2.75, 3.05) is 0 Å². The molecule has 0 rings (SSSR count). The molecule has 0 aromatic rings. The molecule has 52 valence electrons. The molecule has 1 amide bonds. The zero-order valence-corrected chi connectivity index (χ0v) is 5.64. The SMILES string of the molecule is C=C(C)NC(=O)C(C)O. The van der Waals surface area contributed by atoms with Crippen LogP contribution in [0.3, 0.4) is 0 Å². The van der Waals surface area contributed by atoms with Gasteiger partial charge in [0, 0.05) is 5.70 Å². The monoisotopic (exact) mass is 129 g/mol. The number of hydrogen-bond acceptors (Lipinski definition) is 2. The van der Waals surface area contributed by atoms with Crippen LogP contribution in [-0.4, -0.2) is 17.1 Å². The van der Waals surface area contributed by atoms with Crippen LogP contribution in [0, 0.1) is 0 Å². The van der Waals surface area contributed by atoms with Crippen LogP contribution in [0.1, 0.15) is 13.8 Å². The molecule has 0 aromatic heterocycles. The molecule has 0 bridgehead atoms. The molecule has 0 saturated carbocycles. The van der Waals surface area contributed by atoms with E-state index >= 15 is 0 Å². The number of amides is 1. The fraction of sp³-hybridized carbons (Fsp3) is 0.500. The summed E-state index contributed by atoms with van der Waals surface area (Å²) in [5.74, 6) is -0.414. The van der Waals surface area contributed by atoms with Crippen LogP contribution in [0.15, 0.2) is 12.3 Å². The molecule has 1 unspecified atom stereocenters. The number of carbonyl (C=O) groups is 1. The molecular formula is C6H11NO2. The van der Waals surface area contributed by atoms with Gasteiger partial charge < -0.3 is 10.4 Å². The van der Waals surface area contributed by atoms with Gasteiger partial charge in [-0.1, -0.05) is 6.58 Å². The average Bonchev–Trinajstić information content (AvgIpc) is 1.63. The maximum Gasteiger partial charge on any atom is 0.252 e. The highest BCUT2D eigenvalue weighted by atomic mass is 16.3. The molecule has 1 atom stereocenters. The van der Waals surface area contributed by atoms with Gasteiger partial charge in [-0.3, -0.25) is 4.79 Å². The Morgan fingerprint density at radius 2 is 2.22 bits per heavy atom. The number of carbonyl (C=O) groups excluding carboxylic acids is 1. The molecular weight excluding hydrogens is 118 g/mol. The van der Waals surface area contributed by atoms with Gasteiger partial charge in [-0.2, -0.15) is 0 Å². The summed E-state index contributed by atoms with van der Waals surface area (Å²) in [5.41, 5.74) is 0.543. The van der Waals surface area contributed by atoms with Gasteiger partial charge in [0.05, 0.1) is 0 Å². The van der Waals surface area contributed by atoms with Gasteiger partial charge in [0.1, 0.15) is 6.10 Å². The highest BCUT2D eigenvalue weighted by Gasteiger charge is 2.06. The first-order valence-electron chi connectivity index (χ1n) is 2.68. The van der Waals surface area contributed by atoms with Crippen LogP contribution in [0.25, 0.3) is 0 Å². The number of aliphatic hydroxyl groups excluding tert-OH is 1. The molecule has 3 nitrogen and oxygen atoms in total. The van der Waals surface area contributed by atoms with Crippen molar-refractivity contribution in [3.8, 4) is 0 Å². The predicted molar refractivity (Wildman–Crippen MR) is 34.6 cm³/mol. The van der Waals surface area contributed by atoms with Gasteiger partial charge in [-0.05, 0) is 13.8 Å². The Kier molecular flexibility index (Phi) is 2.95. The van der Waals surface area contributed by atoms with E-state index in [0.29, 0.717) is 5.70 Å². The maximum atomic E-state index is 10.5. The molecule has 0 aliphatic heterocycles. The minimum atomic E-state index is -0.957. The number of rotatable bonds is 2. The molecule has 0 heterocycles. The molecule has 3 heteroatoms. The van der Waals surface area contributed by atoms with E-state index in [0.717, 1.165) is 0 Å². The number of allylic oxidation sites excluding steroid dienone is 1. The lowest BCUT2D eigenvalue weighted by molar-refractivity contribution is -0.127. The Morgan fingerprint density at radius 3 is 2.33 bits per heavy atom. The third kappa shape index (κ3) is 3.73. The van der Waals surface area contributed by atoms with E-state index in [4.69, 9.17) is 5.11 Å². The van der Waals surface area contributed by atoms with Gasteiger partial charge in [-0.15, -0.1) is 0 Å². The zero-order valence-electron chi connectivity index (χ0n) is 5.64. The molecule has 9 heavy (non-hydrogen) atoms. The molecule has 0 spiro atoms. The summed E-state index contributed by atoms with van der Waals surface area (Å²) in [6.07, 6.45) is -0.957. The van der Waals surface area contributed by atoms with Crippen molar-refractivity contribution in [2.45, 2.75) is 20.0 Å². The fourth-order valence-electron chi connectivity index (χ4n) is 0.315. The van der Waals surface area contributed by atoms with Crippen LogP contribution in [-0.2, 0) is 4.79 Å². The largest absolute Gasteiger partial charge is 0.384 e. The Labute approximate surface area is 54.4 Å². The topological polar surface area (TPSA) is 49.3 Å². The molecule has 0 fully saturated rings. The van der Waals surface area contributed by atoms with Crippen LogP contribution in [0.2, 0.25) is 0 Å². The van der Waals surface area contributed by atoms with Crippen molar-refractivity contribution in [3.63, 3.8) is 0 Å².